The van der Waals surface area contributed by atoms with Crippen molar-refractivity contribution in [2.45, 2.75) is 25.9 Å². The number of nitro benzene ring substituents is 1. The van der Waals surface area contributed by atoms with E-state index < -0.39 is 11.0 Å². The van der Waals surface area contributed by atoms with Crippen molar-refractivity contribution in [3.63, 3.8) is 0 Å². The number of hydrogen-bond acceptors (Lipinski definition) is 5. The van der Waals surface area contributed by atoms with E-state index in [1.54, 1.807) is 19.1 Å². The largest absolute Gasteiger partial charge is 0.301 e. The molecule has 7 heteroatoms. The number of imide groups is 1. The Morgan fingerprint density at radius 3 is 2.80 bits per heavy atom. The highest BCUT2D eigenvalue weighted by atomic mass is 16.6. The van der Waals surface area contributed by atoms with E-state index in [1.165, 1.54) is 17.0 Å². The molecule has 1 aromatic carbocycles. The fourth-order valence-corrected chi connectivity index (χ4v) is 2.20. The molecule has 1 aliphatic rings. The van der Waals surface area contributed by atoms with Crippen LogP contribution < -0.4 is 5.32 Å². The van der Waals surface area contributed by atoms with Gasteiger partial charge in [0.15, 0.2) is 0 Å². The van der Waals surface area contributed by atoms with Crippen LogP contribution in [0.2, 0.25) is 0 Å². The number of carbonyl (C=O) groups is 2. The summed E-state index contributed by atoms with van der Waals surface area (Å²) >= 11 is 0. The van der Waals surface area contributed by atoms with Gasteiger partial charge in [-0.15, -0.1) is 0 Å². The molecule has 1 fully saturated rings. The minimum atomic E-state index is -0.540. The molecule has 1 aromatic rings. The van der Waals surface area contributed by atoms with Crippen molar-refractivity contribution in [2.24, 2.45) is 0 Å². The van der Waals surface area contributed by atoms with Gasteiger partial charge in [0.1, 0.15) is 0 Å². The predicted molar refractivity (Wildman–Crippen MR) is 70.7 cm³/mol. The maximum Gasteiger partial charge on any atom is 0.269 e. The van der Waals surface area contributed by atoms with Crippen LogP contribution >= 0.6 is 0 Å². The predicted octanol–water partition coefficient (Wildman–Crippen LogP) is 0.832. The van der Waals surface area contributed by atoms with Crippen LogP contribution in [0.1, 0.15) is 18.9 Å². The van der Waals surface area contributed by atoms with E-state index in [4.69, 9.17) is 0 Å². The molecule has 0 aliphatic carbocycles. The third-order valence-electron chi connectivity index (χ3n) is 3.23. The van der Waals surface area contributed by atoms with Crippen molar-refractivity contribution in [3.05, 3.63) is 39.9 Å². The van der Waals surface area contributed by atoms with Gasteiger partial charge in [0.2, 0.25) is 11.8 Å². The van der Waals surface area contributed by atoms with Crippen LogP contribution in [0.3, 0.4) is 0 Å². The Balaban J connectivity index is 1.99. The van der Waals surface area contributed by atoms with Crippen LogP contribution in [0.15, 0.2) is 24.3 Å². The zero-order chi connectivity index (χ0) is 14.7. The van der Waals surface area contributed by atoms with Crippen molar-refractivity contribution < 1.29 is 14.5 Å². The summed E-state index contributed by atoms with van der Waals surface area (Å²) in [6.45, 7) is 2.42. The lowest BCUT2D eigenvalue weighted by atomic mass is 10.1. The van der Waals surface area contributed by atoms with Crippen molar-refractivity contribution in [1.29, 1.82) is 0 Å². The Morgan fingerprint density at radius 1 is 1.45 bits per heavy atom. The first-order chi connectivity index (χ1) is 9.52. The van der Waals surface area contributed by atoms with E-state index in [0.29, 0.717) is 18.7 Å². The van der Waals surface area contributed by atoms with Crippen LogP contribution in [0.4, 0.5) is 5.69 Å². The van der Waals surface area contributed by atoms with Crippen LogP contribution in [-0.2, 0) is 16.1 Å². The molecule has 7 nitrogen and oxygen atoms in total. The highest BCUT2D eigenvalue weighted by molar-refractivity contribution is 6.05. The van der Waals surface area contributed by atoms with Crippen LogP contribution in [0, 0.1) is 10.1 Å². The summed E-state index contributed by atoms with van der Waals surface area (Å²) in [6, 6.07) is 5.65. The molecule has 1 unspecified atom stereocenters. The lowest BCUT2D eigenvalue weighted by Gasteiger charge is -2.13. The monoisotopic (exact) mass is 277 g/mol. The normalized spacial score (nSPS) is 18.6. The average molecular weight is 277 g/mol. The molecule has 106 valence electrons. The Hall–Kier alpha value is -2.28. The van der Waals surface area contributed by atoms with Gasteiger partial charge in [0.05, 0.1) is 17.4 Å². The van der Waals surface area contributed by atoms with Gasteiger partial charge >= 0.3 is 0 Å². The number of amides is 2. The minimum absolute atomic E-state index is 0.00769. The number of carbonyl (C=O) groups excluding carboxylic acids is 2. The van der Waals surface area contributed by atoms with Gasteiger partial charge in [0.25, 0.3) is 5.69 Å². The Labute approximate surface area is 115 Å². The molecule has 0 radical (unpaired) electrons. The first kappa shape index (κ1) is 14.1. The number of likely N-dealkylation sites (N-methyl/N-ethyl adjacent to an activating group) is 1. The Kier molecular flexibility index (Phi) is 4.09. The molecule has 0 bridgehead atoms. The topological polar surface area (TPSA) is 92.6 Å². The van der Waals surface area contributed by atoms with Crippen molar-refractivity contribution >= 4 is 17.5 Å². The number of nitro groups is 1. The molecule has 1 atom stereocenters. The molecule has 1 heterocycles. The highest BCUT2D eigenvalue weighted by Gasteiger charge is 2.36. The molecule has 2 rings (SSSR count). The fourth-order valence-electron chi connectivity index (χ4n) is 2.20. The number of benzene rings is 1. The molecular formula is C13H15N3O4. The second-order valence-corrected chi connectivity index (χ2v) is 4.54. The smallest absolute Gasteiger partial charge is 0.269 e. The van der Waals surface area contributed by atoms with Crippen molar-refractivity contribution in [2.75, 3.05) is 6.54 Å². The van der Waals surface area contributed by atoms with E-state index in [9.17, 15) is 19.7 Å². The van der Waals surface area contributed by atoms with Gasteiger partial charge in [-0.1, -0.05) is 12.1 Å². The number of rotatable bonds is 5. The first-order valence-corrected chi connectivity index (χ1v) is 6.34. The number of hydrogen-bond donors (Lipinski definition) is 1. The summed E-state index contributed by atoms with van der Waals surface area (Å²) in [5.74, 6) is -0.419. The molecule has 1 N–H and O–H groups in total. The summed E-state index contributed by atoms with van der Waals surface area (Å²) in [5.41, 5.74) is 0.711. The maximum absolute atomic E-state index is 11.9. The number of nitrogens with zero attached hydrogens (tertiary/aromatic N) is 2. The van der Waals surface area contributed by atoms with Gasteiger partial charge in [-0.25, -0.2) is 0 Å². The molecular weight excluding hydrogens is 262 g/mol. The van der Waals surface area contributed by atoms with Gasteiger partial charge in [-0.05, 0) is 12.5 Å². The average Bonchev–Trinajstić information content (AvgIpc) is 2.71. The molecule has 2 amide bonds. The zero-order valence-electron chi connectivity index (χ0n) is 11.0. The zero-order valence-corrected chi connectivity index (χ0v) is 11.0. The molecule has 0 saturated carbocycles. The lowest BCUT2D eigenvalue weighted by Crippen LogP contribution is -2.38. The van der Waals surface area contributed by atoms with Crippen molar-refractivity contribution in [1.82, 2.24) is 10.2 Å². The molecule has 1 aliphatic heterocycles. The van der Waals surface area contributed by atoms with Gasteiger partial charge in [-0.2, -0.15) is 0 Å². The summed E-state index contributed by atoms with van der Waals surface area (Å²) in [7, 11) is 0. The second-order valence-electron chi connectivity index (χ2n) is 4.54. The van der Waals surface area contributed by atoms with E-state index >= 15 is 0 Å². The summed E-state index contributed by atoms with van der Waals surface area (Å²) in [6.07, 6.45) is 0.140. The number of non-ortho nitro benzene ring substituents is 1. The van der Waals surface area contributed by atoms with E-state index in [-0.39, 0.29) is 23.9 Å². The number of likely N-dealkylation sites (tertiary alicyclic amines) is 1. The minimum Gasteiger partial charge on any atom is -0.301 e. The quantitative estimate of drug-likeness (QED) is 0.489. The Morgan fingerprint density at radius 2 is 2.20 bits per heavy atom. The van der Waals surface area contributed by atoms with Gasteiger partial charge in [-0.3, -0.25) is 24.6 Å². The Bertz CT molecular complexity index is 558. The highest BCUT2D eigenvalue weighted by Crippen LogP contribution is 2.15. The van der Waals surface area contributed by atoms with E-state index in [1.807, 2.05) is 0 Å². The second kappa shape index (κ2) is 5.79. The molecule has 0 spiro atoms. The lowest BCUT2D eigenvalue weighted by molar-refractivity contribution is -0.384. The SMILES string of the molecule is CCN1C(=O)CC(NCc2cccc([N+](=O)[O-])c2)C1=O. The summed E-state index contributed by atoms with van der Waals surface area (Å²) < 4.78 is 0. The fraction of sp³-hybridized carbons (Fsp3) is 0.385. The molecule has 20 heavy (non-hydrogen) atoms. The molecule has 0 aromatic heterocycles. The van der Waals surface area contributed by atoms with Gasteiger partial charge < -0.3 is 5.32 Å². The van der Waals surface area contributed by atoms with Crippen LogP contribution in [-0.4, -0.2) is 34.2 Å². The molecule has 1 saturated heterocycles. The van der Waals surface area contributed by atoms with Crippen LogP contribution in [0.25, 0.3) is 0 Å². The third-order valence-corrected chi connectivity index (χ3v) is 3.23. The summed E-state index contributed by atoms with van der Waals surface area (Å²) in [5, 5.41) is 13.6. The maximum atomic E-state index is 11.9. The number of nitrogens with one attached hydrogen (secondary N) is 1. The standard InChI is InChI=1S/C13H15N3O4/c1-2-15-12(17)7-11(13(15)18)14-8-9-4-3-5-10(6-9)16(19)20/h3-6,11,14H,2,7-8H2,1H3. The summed E-state index contributed by atoms with van der Waals surface area (Å²) in [4.78, 5) is 34.9. The van der Waals surface area contributed by atoms with E-state index in [0.717, 1.165) is 0 Å². The van der Waals surface area contributed by atoms with Crippen LogP contribution in [0.5, 0.6) is 0 Å². The van der Waals surface area contributed by atoms with E-state index in [2.05, 4.69) is 5.32 Å². The third kappa shape index (κ3) is 2.83. The van der Waals surface area contributed by atoms with Gasteiger partial charge in [0, 0.05) is 25.2 Å². The van der Waals surface area contributed by atoms with Crippen molar-refractivity contribution in [3.8, 4) is 0 Å². The first-order valence-electron chi connectivity index (χ1n) is 6.34.